The number of methoxy groups -OCH3 is 2. The van der Waals surface area contributed by atoms with Crippen LogP contribution in [0.1, 0.15) is 41.3 Å². The van der Waals surface area contributed by atoms with Crippen LogP contribution in [0.5, 0.6) is 11.5 Å². The maximum Gasteiger partial charge on any atom is 0.373 e. The first kappa shape index (κ1) is 25.1. The van der Waals surface area contributed by atoms with Gasteiger partial charge in [-0.15, -0.1) is 0 Å². The SMILES string of the molecule is CCOC(=O)C1=CCC(CN(CCCc2ccccc2)C(=O)c2cc(OC)c(C)c(OC)c2)O1. The zero-order chi connectivity index (χ0) is 24.5. The molecule has 2 aromatic carbocycles. The highest BCUT2D eigenvalue weighted by Gasteiger charge is 2.28. The summed E-state index contributed by atoms with van der Waals surface area (Å²) in [5.41, 5.74) is 2.53. The van der Waals surface area contributed by atoms with E-state index in [2.05, 4.69) is 12.1 Å². The summed E-state index contributed by atoms with van der Waals surface area (Å²) in [5, 5.41) is 0. The van der Waals surface area contributed by atoms with Gasteiger partial charge >= 0.3 is 5.97 Å². The minimum Gasteiger partial charge on any atom is -0.496 e. The van der Waals surface area contributed by atoms with Crippen molar-refractivity contribution in [1.82, 2.24) is 4.90 Å². The van der Waals surface area contributed by atoms with E-state index in [-0.39, 0.29) is 24.4 Å². The summed E-state index contributed by atoms with van der Waals surface area (Å²) in [7, 11) is 3.14. The Kier molecular flexibility index (Phi) is 8.96. The fourth-order valence-corrected chi connectivity index (χ4v) is 3.99. The van der Waals surface area contributed by atoms with E-state index in [1.165, 1.54) is 5.56 Å². The Morgan fingerprint density at radius 1 is 1.09 bits per heavy atom. The van der Waals surface area contributed by atoms with Crippen molar-refractivity contribution in [2.75, 3.05) is 33.9 Å². The number of carbonyl (C=O) groups excluding carboxylic acids is 2. The van der Waals surface area contributed by atoms with Gasteiger partial charge in [0.1, 0.15) is 17.6 Å². The third kappa shape index (κ3) is 6.31. The van der Waals surface area contributed by atoms with Gasteiger partial charge in [0.15, 0.2) is 0 Å². The van der Waals surface area contributed by atoms with E-state index in [4.69, 9.17) is 18.9 Å². The van der Waals surface area contributed by atoms with Gasteiger partial charge in [0.25, 0.3) is 5.91 Å². The second kappa shape index (κ2) is 12.1. The van der Waals surface area contributed by atoms with Crippen molar-refractivity contribution in [3.05, 3.63) is 71.0 Å². The molecule has 1 atom stereocenters. The Bertz CT molecular complexity index is 992. The van der Waals surface area contributed by atoms with E-state index in [1.54, 1.807) is 44.3 Å². The Morgan fingerprint density at radius 3 is 2.38 bits per heavy atom. The van der Waals surface area contributed by atoms with Crippen LogP contribution in [0, 0.1) is 6.92 Å². The summed E-state index contributed by atoms with van der Waals surface area (Å²) >= 11 is 0. The van der Waals surface area contributed by atoms with E-state index >= 15 is 0 Å². The highest BCUT2D eigenvalue weighted by molar-refractivity contribution is 5.95. The fraction of sp³-hybridized carbons (Fsp3) is 0.407. The normalized spacial score (nSPS) is 14.7. The first-order valence-electron chi connectivity index (χ1n) is 11.6. The number of hydrogen-bond donors (Lipinski definition) is 0. The quantitative estimate of drug-likeness (QED) is 0.458. The summed E-state index contributed by atoms with van der Waals surface area (Å²) < 4.78 is 21.8. The molecule has 0 aliphatic carbocycles. The number of amides is 1. The molecule has 0 saturated carbocycles. The number of hydrogen-bond acceptors (Lipinski definition) is 6. The molecule has 2 aromatic rings. The molecule has 34 heavy (non-hydrogen) atoms. The van der Waals surface area contributed by atoms with Crippen molar-refractivity contribution in [1.29, 1.82) is 0 Å². The minimum atomic E-state index is -0.472. The molecule has 0 radical (unpaired) electrons. The zero-order valence-electron chi connectivity index (χ0n) is 20.3. The van der Waals surface area contributed by atoms with Crippen molar-refractivity contribution in [2.24, 2.45) is 0 Å². The van der Waals surface area contributed by atoms with Crippen LogP contribution < -0.4 is 9.47 Å². The monoisotopic (exact) mass is 467 g/mol. The molecule has 0 aromatic heterocycles. The predicted octanol–water partition coefficient (Wildman–Crippen LogP) is 4.32. The molecule has 0 saturated heterocycles. The molecule has 7 nitrogen and oxygen atoms in total. The lowest BCUT2D eigenvalue weighted by Gasteiger charge is -2.26. The van der Waals surface area contributed by atoms with Crippen LogP contribution in [0.3, 0.4) is 0 Å². The van der Waals surface area contributed by atoms with Crippen LogP contribution in [0.15, 0.2) is 54.3 Å². The molecule has 1 unspecified atom stereocenters. The largest absolute Gasteiger partial charge is 0.496 e. The van der Waals surface area contributed by atoms with E-state index < -0.39 is 5.97 Å². The fourth-order valence-electron chi connectivity index (χ4n) is 3.99. The molecule has 0 spiro atoms. The van der Waals surface area contributed by atoms with Crippen LogP contribution in [0.4, 0.5) is 0 Å². The maximum atomic E-state index is 13.6. The van der Waals surface area contributed by atoms with Crippen LogP contribution in [-0.2, 0) is 20.7 Å². The number of aryl methyl sites for hydroxylation is 1. The van der Waals surface area contributed by atoms with Crippen LogP contribution in [-0.4, -0.2) is 56.8 Å². The Morgan fingerprint density at radius 2 is 1.76 bits per heavy atom. The lowest BCUT2D eigenvalue weighted by molar-refractivity contribution is -0.143. The van der Waals surface area contributed by atoms with Crippen molar-refractivity contribution >= 4 is 11.9 Å². The first-order chi connectivity index (χ1) is 16.5. The Hall–Kier alpha value is -3.48. The maximum absolute atomic E-state index is 13.6. The average Bonchev–Trinajstić information content (AvgIpc) is 3.33. The third-order valence-corrected chi connectivity index (χ3v) is 5.78. The van der Waals surface area contributed by atoms with Crippen molar-refractivity contribution in [3.8, 4) is 11.5 Å². The van der Waals surface area contributed by atoms with Gasteiger partial charge in [0.2, 0.25) is 5.76 Å². The van der Waals surface area contributed by atoms with Gasteiger partial charge in [-0.05, 0) is 50.5 Å². The van der Waals surface area contributed by atoms with Gasteiger partial charge in [-0.3, -0.25) is 4.79 Å². The molecule has 0 bridgehead atoms. The number of benzene rings is 2. The summed E-state index contributed by atoms with van der Waals surface area (Å²) in [4.78, 5) is 27.4. The highest BCUT2D eigenvalue weighted by atomic mass is 16.6. The Balaban J connectivity index is 1.76. The topological polar surface area (TPSA) is 74.3 Å². The van der Waals surface area contributed by atoms with E-state index in [0.717, 1.165) is 18.4 Å². The molecule has 1 amide bonds. The van der Waals surface area contributed by atoms with E-state index in [1.807, 2.05) is 25.1 Å². The molecule has 3 rings (SSSR count). The number of nitrogens with zero attached hydrogens (tertiary/aromatic N) is 1. The summed E-state index contributed by atoms with van der Waals surface area (Å²) in [6.07, 6.45) is 3.60. The molecular weight excluding hydrogens is 434 g/mol. The van der Waals surface area contributed by atoms with Crippen LogP contribution in [0.2, 0.25) is 0 Å². The standard InChI is InChI=1S/C27H33NO6/c1-5-33-27(30)23-14-13-22(34-23)18-28(15-9-12-20-10-7-6-8-11-20)26(29)21-16-24(31-3)19(2)25(17-21)32-4/h6-8,10-11,14,16-17,22H,5,9,12-13,15,18H2,1-4H3. The minimum absolute atomic E-state index is 0.141. The number of esters is 1. The van der Waals surface area contributed by atoms with Gasteiger partial charge in [0, 0.05) is 24.1 Å². The smallest absolute Gasteiger partial charge is 0.373 e. The van der Waals surface area contributed by atoms with Gasteiger partial charge in [-0.2, -0.15) is 0 Å². The molecule has 1 heterocycles. The summed E-state index contributed by atoms with van der Waals surface area (Å²) in [5.74, 6) is 0.783. The summed E-state index contributed by atoms with van der Waals surface area (Å²) in [6.45, 7) is 4.82. The number of carbonyl (C=O) groups is 2. The molecule has 1 aliphatic rings. The van der Waals surface area contributed by atoms with Gasteiger partial charge in [-0.1, -0.05) is 30.3 Å². The average molecular weight is 468 g/mol. The van der Waals surface area contributed by atoms with Crippen LogP contribution >= 0.6 is 0 Å². The molecular formula is C27H33NO6. The van der Waals surface area contributed by atoms with Crippen molar-refractivity contribution in [3.63, 3.8) is 0 Å². The molecule has 7 heteroatoms. The second-order valence-electron chi connectivity index (χ2n) is 8.11. The highest BCUT2D eigenvalue weighted by Crippen LogP contribution is 2.30. The van der Waals surface area contributed by atoms with Crippen LogP contribution in [0.25, 0.3) is 0 Å². The first-order valence-corrected chi connectivity index (χ1v) is 11.6. The lowest BCUT2D eigenvalue weighted by Crippen LogP contribution is -2.38. The molecule has 0 fully saturated rings. The lowest BCUT2D eigenvalue weighted by atomic mass is 10.1. The molecule has 182 valence electrons. The van der Waals surface area contributed by atoms with Crippen molar-refractivity contribution in [2.45, 2.75) is 39.2 Å². The summed E-state index contributed by atoms with van der Waals surface area (Å²) in [6, 6.07) is 13.7. The number of rotatable bonds is 11. The third-order valence-electron chi connectivity index (χ3n) is 5.78. The predicted molar refractivity (Wildman–Crippen MR) is 129 cm³/mol. The molecule has 0 N–H and O–H groups in total. The van der Waals surface area contributed by atoms with Crippen molar-refractivity contribution < 1.29 is 28.5 Å². The van der Waals surface area contributed by atoms with Gasteiger partial charge in [0.05, 0.1) is 27.4 Å². The Labute approximate surface area is 201 Å². The second-order valence-corrected chi connectivity index (χ2v) is 8.11. The van der Waals surface area contributed by atoms with Gasteiger partial charge < -0.3 is 23.8 Å². The molecule has 1 aliphatic heterocycles. The zero-order valence-corrected chi connectivity index (χ0v) is 20.3. The van der Waals surface area contributed by atoms with E-state index in [0.29, 0.717) is 36.6 Å². The number of ether oxygens (including phenoxy) is 4. The van der Waals surface area contributed by atoms with E-state index in [9.17, 15) is 9.59 Å². The van der Waals surface area contributed by atoms with Gasteiger partial charge in [-0.25, -0.2) is 4.79 Å².